The van der Waals surface area contributed by atoms with E-state index in [9.17, 15) is 0 Å². The van der Waals surface area contributed by atoms with Crippen LogP contribution in [0.2, 0.25) is 0 Å². The van der Waals surface area contributed by atoms with E-state index >= 15 is 0 Å². The highest BCUT2D eigenvalue weighted by Crippen LogP contribution is 2.27. The minimum Gasteiger partial charge on any atom is -0.320 e. The Balaban J connectivity index is 1.91. The molecule has 6 heteroatoms. The van der Waals surface area contributed by atoms with Crippen molar-refractivity contribution in [2.24, 2.45) is 5.73 Å². The van der Waals surface area contributed by atoms with Gasteiger partial charge in [-0.05, 0) is 23.7 Å². The highest BCUT2D eigenvalue weighted by atomic mass is 32.2. The Hall–Kier alpha value is -0.870. The molecule has 0 atom stereocenters. The highest BCUT2D eigenvalue weighted by molar-refractivity contribution is 8.00. The summed E-state index contributed by atoms with van der Waals surface area (Å²) in [6, 6.07) is 4.15. The molecule has 2 rings (SSSR count). The molecule has 0 aliphatic rings. The average Bonchev–Trinajstić information content (AvgIpc) is 3.03. The number of aryl methyl sites for hydroxylation is 1. The first kappa shape index (κ1) is 13.6. The van der Waals surface area contributed by atoms with Gasteiger partial charge in [0.1, 0.15) is 5.82 Å². The van der Waals surface area contributed by atoms with Gasteiger partial charge in [-0.2, -0.15) is 4.37 Å². The summed E-state index contributed by atoms with van der Waals surface area (Å²) in [6.45, 7) is 2.48. The summed E-state index contributed by atoms with van der Waals surface area (Å²) in [4.78, 5) is 6.80. The van der Waals surface area contributed by atoms with E-state index in [1.165, 1.54) is 16.4 Å². The van der Waals surface area contributed by atoms with E-state index in [2.05, 4.69) is 34.2 Å². The second-order valence-corrected chi connectivity index (χ2v) is 6.53. The Kier molecular flexibility index (Phi) is 5.20. The highest BCUT2D eigenvalue weighted by Gasteiger charge is 2.04. The normalized spacial score (nSPS) is 10.1. The first-order valence-electron chi connectivity index (χ1n) is 5.55. The van der Waals surface area contributed by atoms with Crippen molar-refractivity contribution < 1.29 is 0 Å². The summed E-state index contributed by atoms with van der Waals surface area (Å²) in [5.74, 6) is 7.77. The molecule has 2 heterocycles. The number of hydrogen-bond acceptors (Lipinski definition) is 6. The smallest absolute Gasteiger partial charge is 0.170 e. The zero-order chi connectivity index (χ0) is 12.8. The number of hydrogen-bond donors (Lipinski definition) is 1. The molecule has 0 bridgehead atoms. The summed E-state index contributed by atoms with van der Waals surface area (Å²) >= 11 is 4.92. The molecular formula is C12H13N3S3. The van der Waals surface area contributed by atoms with Gasteiger partial charge in [0, 0.05) is 17.1 Å². The van der Waals surface area contributed by atoms with Crippen LogP contribution in [0.25, 0.3) is 0 Å². The van der Waals surface area contributed by atoms with Crippen LogP contribution >= 0.6 is 34.6 Å². The van der Waals surface area contributed by atoms with Crippen molar-refractivity contribution in [1.29, 1.82) is 0 Å². The molecule has 0 aliphatic carbocycles. The number of rotatable bonds is 4. The Labute approximate surface area is 119 Å². The maximum absolute atomic E-state index is 5.35. The van der Waals surface area contributed by atoms with Crippen LogP contribution in [0.5, 0.6) is 0 Å². The second kappa shape index (κ2) is 6.90. The summed E-state index contributed by atoms with van der Waals surface area (Å²) in [5.41, 5.74) is 5.35. The lowest BCUT2D eigenvalue weighted by Crippen LogP contribution is -1.92. The lowest BCUT2D eigenvalue weighted by molar-refractivity contribution is 0.971. The second-order valence-electron chi connectivity index (χ2n) is 3.39. The van der Waals surface area contributed by atoms with Crippen molar-refractivity contribution in [1.82, 2.24) is 9.36 Å². The molecule has 0 amide bonds. The summed E-state index contributed by atoms with van der Waals surface area (Å²) in [7, 11) is 0. The molecule has 3 nitrogen and oxygen atoms in total. The number of nitrogens with zero attached hydrogens (tertiary/aromatic N) is 2. The van der Waals surface area contributed by atoms with Crippen molar-refractivity contribution in [2.45, 2.75) is 23.4 Å². The predicted molar refractivity (Wildman–Crippen MR) is 79.1 cm³/mol. The molecule has 94 valence electrons. The molecule has 0 unspecified atom stereocenters. The molecule has 0 spiro atoms. The minimum atomic E-state index is 0.409. The van der Waals surface area contributed by atoms with E-state index in [-0.39, 0.29) is 0 Å². The third-order valence-electron chi connectivity index (χ3n) is 2.08. The van der Waals surface area contributed by atoms with Gasteiger partial charge in [0.2, 0.25) is 0 Å². The first-order valence-corrected chi connectivity index (χ1v) is 8.12. The Morgan fingerprint density at radius 3 is 3.06 bits per heavy atom. The number of aromatic nitrogens is 2. The van der Waals surface area contributed by atoms with E-state index in [1.54, 1.807) is 23.1 Å². The molecule has 18 heavy (non-hydrogen) atoms. The molecule has 0 saturated carbocycles. The molecule has 0 aliphatic heterocycles. The van der Waals surface area contributed by atoms with Crippen molar-refractivity contribution in [3.05, 3.63) is 27.7 Å². The largest absolute Gasteiger partial charge is 0.320 e. The van der Waals surface area contributed by atoms with E-state index in [0.29, 0.717) is 6.54 Å². The summed E-state index contributed by atoms with van der Waals surface area (Å²) in [6.07, 6.45) is 0.898. The topological polar surface area (TPSA) is 51.8 Å². The maximum Gasteiger partial charge on any atom is 0.170 e. The fourth-order valence-corrected chi connectivity index (χ4v) is 3.86. The van der Waals surface area contributed by atoms with Crippen LogP contribution in [0.1, 0.15) is 22.5 Å². The SMILES string of the molecule is CCc1nsc(SCc2ccc(C#CCN)s2)n1. The third-order valence-corrected chi connectivity index (χ3v) is 5.18. The zero-order valence-electron chi connectivity index (χ0n) is 9.97. The van der Waals surface area contributed by atoms with Crippen LogP contribution in [-0.4, -0.2) is 15.9 Å². The van der Waals surface area contributed by atoms with Crippen LogP contribution in [0, 0.1) is 11.8 Å². The van der Waals surface area contributed by atoms with Crippen molar-refractivity contribution in [2.75, 3.05) is 6.54 Å². The molecule has 0 saturated heterocycles. The van der Waals surface area contributed by atoms with Crippen LogP contribution in [-0.2, 0) is 12.2 Å². The van der Waals surface area contributed by atoms with Crippen LogP contribution in [0.4, 0.5) is 0 Å². The molecular weight excluding hydrogens is 282 g/mol. The molecule has 0 aromatic carbocycles. The monoisotopic (exact) mass is 295 g/mol. The number of thiophene rings is 1. The summed E-state index contributed by atoms with van der Waals surface area (Å²) in [5, 5.41) is 0. The average molecular weight is 295 g/mol. The maximum atomic E-state index is 5.35. The molecule has 2 N–H and O–H groups in total. The molecule has 2 aromatic heterocycles. The molecule has 0 fully saturated rings. The van der Waals surface area contributed by atoms with Crippen LogP contribution < -0.4 is 5.73 Å². The zero-order valence-corrected chi connectivity index (χ0v) is 12.4. The van der Waals surface area contributed by atoms with Crippen LogP contribution in [0.3, 0.4) is 0 Å². The fraction of sp³-hybridized carbons (Fsp3) is 0.333. The van der Waals surface area contributed by atoms with Gasteiger partial charge >= 0.3 is 0 Å². The van der Waals surface area contributed by atoms with E-state index < -0.39 is 0 Å². The van der Waals surface area contributed by atoms with Crippen molar-refractivity contribution >= 4 is 34.6 Å². The number of thioether (sulfide) groups is 1. The van der Waals surface area contributed by atoms with E-state index in [1.807, 2.05) is 6.07 Å². The van der Waals surface area contributed by atoms with Gasteiger partial charge in [-0.15, -0.1) is 11.3 Å². The van der Waals surface area contributed by atoms with Gasteiger partial charge in [-0.25, -0.2) is 4.98 Å². The van der Waals surface area contributed by atoms with Crippen LogP contribution in [0.15, 0.2) is 16.5 Å². The predicted octanol–water partition coefficient (Wildman–Crippen LogP) is 2.76. The summed E-state index contributed by atoms with van der Waals surface area (Å²) < 4.78 is 5.31. The molecule has 0 radical (unpaired) electrons. The van der Waals surface area contributed by atoms with Gasteiger partial charge in [-0.3, -0.25) is 0 Å². The number of nitrogens with two attached hydrogens (primary N) is 1. The van der Waals surface area contributed by atoms with Crippen molar-refractivity contribution in [3.63, 3.8) is 0 Å². The van der Waals surface area contributed by atoms with E-state index in [0.717, 1.165) is 27.2 Å². The Morgan fingerprint density at radius 1 is 1.44 bits per heavy atom. The van der Waals surface area contributed by atoms with Gasteiger partial charge < -0.3 is 5.73 Å². The van der Waals surface area contributed by atoms with Gasteiger partial charge in [0.05, 0.1) is 11.4 Å². The molecule has 2 aromatic rings. The lowest BCUT2D eigenvalue weighted by Gasteiger charge is -1.92. The minimum absolute atomic E-state index is 0.409. The van der Waals surface area contributed by atoms with Gasteiger partial charge in [-0.1, -0.05) is 30.5 Å². The van der Waals surface area contributed by atoms with E-state index in [4.69, 9.17) is 5.73 Å². The standard InChI is InChI=1S/C12H13N3S3/c1-2-11-14-12(18-15-11)16-8-10-6-5-9(17-10)4-3-7-13/h5-6H,2,7-8,13H2,1H3. The van der Waals surface area contributed by atoms with Crippen molar-refractivity contribution in [3.8, 4) is 11.8 Å². The Morgan fingerprint density at radius 2 is 2.33 bits per heavy atom. The lowest BCUT2D eigenvalue weighted by atomic mass is 10.4. The first-order chi connectivity index (χ1) is 8.81. The fourth-order valence-electron chi connectivity index (χ4n) is 1.23. The van der Waals surface area contributed by atoms with Gasteiger partial charge in [0.15, 0.2) is 4.34 Å². The third kappa shape index (κ3) is 3.82. The van der Waals surface area contributed by atoms with Gasteiger partial charge in [0.25, 0.3) is 0 Å². The quantitative estimate of drug-likeness (QED) is 0.696. The Bertz CT molecular complexity index is 562.